The lowest BCUT2D eigenvalue weighted by atomic mass is 9.92. The number of hydrogen-bond donors (Lipinski definition) is 0. The molecule has 1 aliphatic heterocycles. The van der Waals surface area contributed by atoms with E-state index >= 15 is 0 Å². The Labute approximate surface area is 206 Å². The van der Waals surface area contributed by atoms with Gasteiger partial charge in [0.25, 0.3) is 0 Å². The fraction of sp³-hybridized carbons (Fsp3) is 0.379. The molecular formula is C29H33BrN2O. The molecule has 3 aromatic rings. The molecular weight excluding hydrogens is 472 g/mol. The van der Waals surface area contributed by atoms with Crippen molar-refractivity contribution in [3.63, 3.8) is 0 Å². The van der Waals surface area contributed by atoms with Gasteiger partial charge in [0, 0.05) is 42.9 Å². The zero-order valence-corrected chi connectivity index (χ0v) is 20.9. The Hall–Kier alpha value is -2.30. The molecule has 0 N–H and O–H groups in total. The molecule has 0 radical (unpaired) electrons. The summed E-state index contributed by atoms with van der Waals surface area (Å²) in [5.74, 6) is 1.00. The molecule has 172 valence electrons. The van der Waals surface area contributed by atoms with Crippen LogP contribution in [0.2, 0.25) is 0 Å². The number of halogens is 1. The van der Waals surface area contributed by atoms with Crippen LogP contribution in [0.5, 0.6) is 5.75 Å². The number of rotatable bonds is 7. The first-order valence-corrected chi connectivity index (χ1v) is 13.1. The number of benzene rings is 3. The summed E-state index contributed by atoms with van der Waals surface area (Å²) in [5.41, 5.74) is 6.95. The van der Waals surface area contributed by atoms with E-state index in [0.29, 0.717) is 6.61 Å². The van der Waals surface area contributed by atoms with Crippen molar-refractivity contribution in [2.75, 3.05) is 37.6 Å². The van der Waals surface area contributed by atoms with Gasteiger partial charge in [-0.1, -0.05) is 46.3 Å². The maximum Gasteiger partial charge on any atom is 0.120 e. The van der Waals surface area contributed by atoms with E-state index in [-0.39, 0.29) is 0 Å². The van der Waals surface area contributed by atoms with Gasteiger partial charge in [0.15, 0.2) is 0 Å². The third kappa shape index (κ3) is 5.99. The number of anilines is 1. The molecule has 1 fully saturated rings. The first-order valence-electron chi connectivity index (χ1n) is 12.3. The smallest absolute Gasteiger partial charge is 0.120 e. The summed E-state index contributed by atoms with van der Waals surface area (Å²) in [7, 11) is 0. The number of hydrogen-bond acceptors (Lipinski definition) is 3. The normalized spacial score (nSPS) is 16.5. The number of nitrogens with zero attached hydrogens (tertiary/aromatic N) is 2. The second-order valence-electron chi connectivity index (χ2n) is 9.30. The van der Waals surface area contributed by atoms with Crippen molar-refractivity contribution in [3.05, 3.63) is 93.5 Å². The molecule has 0 unspecified atom stereocenters. The Bertz CT molecular complexity index is 1040. The standard InChI is InChI=1S/C29H33BrN2O/c30-27-10-12-28(13-11-27)32-19-17-31(18-20-32)16-15-23-5-7-24(8-6-23)22-33-29-14-9-25-3-1-2-4-26(25)21-29/h5-14,21H,1-4,15-20,22H2. The van der Waals surface area contributed by atoms with Crippen LogP contribution in [0.15, 0.2) is 71.2 Å². The molecule has 3 aromatic carbocycles. The van der Waals surface area contributed by atoms with Crippen LogP contribution >= 0.6 is 15.9 Å². The summed E-state index contributed by atoms with van der Waals surface area (Å²) in [6.07, 6.45) is 6.14. The second-order valence-corrected chi connectivity index (χ2v) is 10.2. The van der Waals surface area contributed by atoms with Gasteiger partial charge in [-0.2, -0.15) is 0 Å². The molecule has 1 heterocycles. The number of ether oxygens (including phenoxy) is 1. The van der Waals surface area contributed by atoms with Gasteiger partial charge in [-0.25, -0.2) is 0 Å². The number of piperazine rings is 1. The third-order valence-electron chi connectivity index (χ3n) is 7.03. The zero-order chi connectivity index (χ0) is 22.5. The van der Waals surface area contributed by atoms with Gasteiger partial charge < -0.3 is 9.64 Å². The van der Waals surface area contributed by atoms with Gasteiger partial charge in [-0.3, -0.25) is 4.90 Å². The highest BCUT2D eigenvalue weighted by Crippen LogP contribution is 2.26. The van der Waals surface area contributed by atoms with E-state index in [2.05, 4.69) is 92.5 Å². The van der Waals surface area contributed by atoms with Crippen molar-refractivity contribution >= 4 is 21.6 Å². The van der Waals surface area contributed by atoms with Gasteiger partial charge in [0.05, 0.1) is 0 Å². The van der Waals surface area contributed by atoms with E-state index in [1.54, 1.807) is 0 Å². The molecule has 0 saturated carbocycles. The lowest BCUT2D eigenvalue weighted by Crippen LogP contribution is -2.46. The molecule has 5 rings (SSSR count). The van der Waals surface area contributed by atoms with Gasteiger partial charge in [0.2, 0.25) is 0 Å². The van der Waals surface area contributed by atoms with Crippen molar-refractivity contribution in [2.24, 2.45) is 0 Å². The highest BCUT2D eigenvalue weighted by atomic mass is 79.9. The number of fused-ring (bicyclic) bond motifs is 1. The Morgan fingerprint density at radius 2 is 1.42 bits per heavy atom. The fourth-order valence-corrected chi connectivity index (χ4v) is 5.20. The first-order chi connectivity index (χ1) is 16.2. The summed E-state index contributed by atoms with van der Waals surface area (Å²) < 4.78 is 7.23. The van der Waals surface area contributed by atoms with E-state index in [1.165, 1.54) is 53.6 Å². The Morgan fingerprint density at radius 3 is 2.18 bits per heavy atom. The largest absolute Gasteiger partial charge is 0.489 e. The average Bonchev–Trinajstić information content (AvgIpc) is 2.87. The van der Waals surface area contributed by atoms with Crippen molar-refractivity contribution in [3.8, 4) is 5.75 Å². The van der Waals surface area contributed by atoms with Crippen LogP contribution in [-0.4, -0.2) is 37.6 Å². The van der Waals surface area contributed by atoms with E-state index in [1.807, 2.05) is 0 Å². The van der Waals surface area contributed by atoms with Crippen LogP contribution in [0.1, 0.15) is 35.1 Å². The van der Waals surface area contributed by atoms with Gasteiger partial charge >= 0.3 is 0 Å². The van der Waals surface area contributed by atoms with Crippen molar-refractivity contribution < 1.29 is 4.74 Å². The van der Waals surface area contributed by atoms with Gasteiger partial charge in [-0.05, 0) is 90.8 Å². The predicted molar refractivity (Wildman–Crippen MR) is 140 cm³/mol. The quantitative estimate of drug-likeness (QED) is 0.376. The zero-order valence-electron chi connectivity index (χ0n) is 19.3. The maximum absolute atomic E-state index is 6.09. The first kappa shape index (κ1) is 22.5. The molecule has 3 nitrogen and oxygen atoms in total. The lowest BCUT2D eigenvalue weighted by Gasteiger charge is -2.36. The predicted octanol–water partition coefficient (Wildman–Crippen LogP) is 6.27. The van der Waals surface area contributed by atoms with Crippen molar-refractivity contribution in [1.29, 1.82) is 0 Å². The molecule has 0 atom stereocenters. The summed E-state index contributed by atoms with van der Waals surface area (Å²) in [6.45, 7) is 6.21. The minimum Gasteiger partial charge on any atom is -0.489 e. The SMILES string of the molecule is Brc1ccc(N2CCN(CCc3ccc(COc4ccc5c(c4)CCCC5)cc3)CC2)cc1. The molecule has 0 bridgehead atoms. The molecule has 0 amide bonds. The van der Waals surface area contributed by atoms with E-state index < -0.39 is 0 Å². The van der Waals surface area contributed by atoms with E-state index in [9.17, 15) is 0 Å². The fourth-order valence-electron chi connectivity index (χ4n) is 4.94. The average molecular weight is 506 g/mol. The monoisotopic (exact) mass is 504 g/mol. The van der Waals surface area contributed by atoms with Crippen LogP contribution in [0.3, 0.4) is 0 Å². The molecule has 0 spiro atoms. The minimum atomic E-state index is 0.636. The molecule has 1 saturated heterocycles. The molecule has 0 aromatic heterocycles. The summed E-state index contributed by atoms with van der Waals surface area (Å²) >= 11 is 3.52. The van der Waals surface area contributed by atoms with Crippen LogP contribution in [0.25, 0.3) is 0 Å². The molecule has 4 heteroatoms. The van der Waals surface area contributed by atoms with Gasteiger partial charge in [-0.15, -0.1) is 0 Å². The maximum atomic E-state index is 6.09. The van der Waals surface area contributed by atoms with Gasteiger partial charge in [0.1, 0.15) is 12.4 Å². The minimum absolute atomic E-state index is 0.636. The molecule has 2 aliphatic rings. The Kier molecular flexibility index (Phi) is 7.33. The topological polar surface area (TPSA) is 15.7 Å². The third-order valence-corrected chi connectivity index (χ3v) is 7.56. The molecule has 33 heavy (non-hydrogen) atoms. The van der Waals surface area contributed by atoms with Crippen molar-refractivity contribution in [1.82, 2.24) is 4.90 Å². The summed E-state index contributed by atoms with van der Waals surface area (Å²) in [6, 6.07) is 24.3. The Morgan fingerprint density at radius 1 is 0.727 bits per heavy atom. The van der Waals surface area contributed by atoms with Crippen LogP contribution in [0.4, 0.5) is 5.69 Å². The second kappa shape index (κ2) is 10.8. The highest BCUT2D eigenvalue weighted by molar-refractivity contribution is 9.10. The number of aryl methyl sites for hydroxylation is 2. The van der Waals surface area contributed by atoms with Crippen molar-refractivity contribution in [2.45, 2.75) is 38.7 Å². The highest BCUT2D eigenvalue weighted by Gasteiger charge is 2.17. The van der Waals surface area contributed by atoms with Crippen LogP contribution < -0.4 is 9.64 Å². The van der Waals surface area contributed by atoms with Crippen LogP contribution in [-0.2, 0) is 25.9 Å². The Balaban J connectivity index is 1.06. The lowest BCUT2D eigenvalue weighted by molar-refractivity contribution is 0.261. The summed E-state index contributed by atoms with van der Waals surface area (Å²) in [5, 5.41) is 0. The van der Waals surface area contributed by atoms with E-state index in [4.69, 9.17) is 4.74 Å². The van der Waals surface area contributed by atoms with E-state index in [0.717, 1.165) is 49.4 Å². The van der Waals surface area contributed by atoms with Crippen LogP contribution in [0, 0.1) is 0 Å². The molecule has 1 aliphatic carbocycles. The summed E-state index contributed by atoms with van der Waals surface area (Å²) in [4.78, 5) is 5.07.